The summed E-state index contributed by atoms with van der Waals surface area (Å²) in [6.45, 7) is 1.96. The van der Waals surface area contributed by atoms with Crippen molar-refractivity contribution in [3.05, 3.63) is 71.3 Å². The predicted molar refractivity (Wildman–Crippen MR) is 98.6 cm³/mol. The molecule has 0 fully saturated rings. The maximum atomic E-state index is 13.8. The molecule has 0 radical (unpaired) electrons. The first-order valence-electron chi connectivity index (χ1n) is 8.02. The van der Waals surface area contributed by atoms with Gasteiger partial charge in [0.2, 0.25) is 0 Å². The largest absolute Gasteiger partial charge is 0.478 e. The van der Waals surface area contributed by atoms with Gasteiger partial charge in [-0.25, -0.2) is 19.2 Å². The second-order valence-corrected chi connectivity index (χ2v) is 5.94. The molecule has 1 aromatic heterocycles. The van der Waals surface area contributed by atoms with Crippen LogP contribution in [0.25, 0.3) is 11.3 Å². The number of aromatic nitrogens is 2. The van der Waals surface area contributed by atoms with Gasteiger partial charge in [0.15, 0.2) is 6.23 Å². The van der Waals surface area contributed by atoms with E-state index in [1.807, 2.05) is 31.2 Å². The van der Waals surface area contributed by atoms with Crippen molar-refractivity contribution in [3.63, 3.8) is 0 Å². The van der Waals surface area contributed by atoms with Crippen LogP contribution in [0.1, 0.15) is 27.8 Å². The number of aromatic carboxylic acids is 1. The highest BCUT2D eigenvalue weighted by molar-refractivity contribution is 5.88. The van der Waals surface area contributed by atoms with E-state index < -0.39 is 23.6 Å². The lowest BCUT2D eigenvalue weighted by Crippen LogP contribution is -2.15. The van der Waals surface area contributed by atoms with E-state index in [1.165, 1.54) is 12.3 Å². The van der Waals surface area contributed by atoms with Gasteiger partial charge in [0.05, 0.1) is 17.5 Å². The molecule has 0 aliphatic carbocycles. The maximum Gasteiger partial charge on any atom is 0.338 e. The van der Waals surface area contributed by atoms with Crippen LogP contribution in [0.2, 0.25) is 0 Å². The number of nitrogens with two attached hydrogens (primary N) is 1. The summed E-state index contributed by atoms with van der Waals surface area (Å²) in [6, 6.07) is 11.0. The van der Waals surface area contributed by atoms with Crippen molar-refractivity contribution >= 4 is 17.5 Å². The Labute approximate surface area is 154 Å². The number of nitrogen functional groups attached to an aromatic ring is 1. The number of carboxylic acid groups (broad SMARTS) is 1. The molecule has 138 valence electrons. The minimum Gasteiger partial charge on any atom is -0.478 e. The van der Waals surface area contributed by atoms with Crippen molar-refractivity contribution in [2.45, 2.75) is 13.2 Å². The summed E-state index contributed by atoms with van der Waals surface area (Å²) in [5.41, 5.74) is 8.02. The molecule has 0 spiro atoms. The number of carbonyl (C=O) groups is 1. The number of aryl methyl sites for hydroxylation is 1. The molecule has 0 amide bonds. The molecular weight excluding hydrogens is 351 g/mol. The molecule has 0 saturated heterocycles. The zero-order valence-electron chi connectivity index (χ0n) is 14.3. The molecule has 5 N–H and O–H groups in total. The van der Waals surface area contributed by atoms with E-state index in [0.29, 0.717) is 5.69 Å². The number of hydrogen-bond donors (Lipinski definition) is 4. The number of anilines is 2. The zero-order chi connectivity index (χ0) is 19.6. The maximum absolute atomic E-state index is 13.8. The van der Waals surface area contributed by atoms with Gasteiger partial charge in [0, 0.05) is 11.3 Å². The molecule has 0 bridgehead atoms. The number of rotatable bonds is 5. The molecule has 2 aromatic carbocycles. The zero-order valence-corrected chi connectivity index (χ0v) is 14.3. The van der Waals surface area contributed by atoms with Crippen molar-refractivity contribution in [3.8, 4) is 11.3 Å². The van der Waals surface area contributed by atoms with Gasteiger partial charge in [-0.2, -0.15) is 0 Å². The Morgan fingerprint density at radius 1 is 1.22 bits per heavy atom. The average molecular weight is 368 g/mol. The van der Waals surface area contributed by atoms with E-state index in [-0.39, 0.29) is 17.2 Å². The lowest BCUT2D eigenvalue weighted by Gasteiger charge is -2.16. The molecule has 8 heteroatoms. The van der Waals surface area contributed by atoms with Crippen LogP contribution >= 0.6 is 0 Å². The fraction of sp³-hybridized carbons (Fsp3) is 0.105. The van der Waals surface area contributed by atoms with Gasteiger partial charge in [0.25, 0.3) is 0 Å². The second-order valence-electron chi connectivity index (χ2n) is 5.94. The number of halogens is 1. The van der Waals surface area contributed by atoms with Gasteiger partial charge >= 0.3 is 5.97 Å². The van der Waals surface area contributed by atoms with Crippen LogP contribution in [-0.4, -0.2) is 26.2 Å². The minimum atomic E-state index is -1.37. The molecule has 0 saturated carbocycles. The van der Waals surface area contributed by atoms with Crippen LogP contribution in [-0.2, 0) is 0 Å². The predicted octanol–water partition coefficient (Wildman–Crippen LogP) is 2.97. The summed E-state index contributed by atoms with van der Waals surface area (Å²) in [5, 5.41) is 21.9. The number of aliphatic hydroxyl groups is 1. The van der Waals surface area contributed by atoms with Crippen molar-refractivity contribution in [1.82, 2.24) is 9.97 Å². The first-order valence-corrected chi connectivity index (χ1v) is 8.02. The fourth-order valence-corrected chi connectivity index (χ4v) is 2.48. The summed E-state index contributed by atoms with van der Waals surface area (Å²) in [4.78, 5) is 19.3. The van der Waals surface area contributed by atoms with Crippen LogP contribution in [0.15, 0.2) is 48.7 Å². The molecule has 1 heterocycles. The Hall–Kier alpha value is -3.52. The first-order chi connectivity index (χ1) is 12.8. The van der Waals surface area contributed by atoms with Gasteiger partial charge < -0.3 is 21.3 Å². The van der Waals surface area contributed by atoms with E-state index >= 15 is 0 Å². The normalized spacial score (nSPS) is 11.8. The molecule has 1 atom stereocenters. The van der Waals surface area contributed by atoms with Crippen LogP contribution in [0.5, 0.6) is 0 Å². The molecule has 0 aliphatic heterocycles. The highest BCUT2D eigenvalue weighted by Gasteiger charge is 2.17. The van der Waals surface area contributed by atoms with Gasteiger partial charge in [-0.3, -0.25) is 0 Å². The Morgan fingerprint density at radius 2 is 1.93 bits per heavy atom. The first kappa shape index (κ1) is 18.3. The number of carboxylic acids is 1. The monoisotopic (exact) mass is 368 g/mol. The summed E-state index contributed by atoms with van der Waals surface area (Å²) >= 11 is 0. The van der Waals surface area contributed by atoms with Crippen LogP contribution in [0.4, 0.5) is 15.9 Å². The molecular formula is C19H17FN4O3. The van der Waals surface area contributed by atoms with Crippen LogP contribution in [0, 0.1) is 12.7 Å². The Morgan fingerprint density at radius 3 is 2.56 bits per heavy atom. The number of benzene rings is 2. The lowest BCUT2D eigenvalue weighted by atomic mass is 10.1. The Bertz CT molecular complexity index is 993. The summed E-state index contributed by atoms with van der Waals surface area (Å²) in [7, 11) is 0. The lowest BCUT2D eigenvalue weighted by molar-refractivity contribution is 0.0692. The molecule has 1 unspecified atom stereocenters. The third kappa shape index (κ3) is 4.01. The van der Waals surface area contributed by atoms with E-state index in [4.69, 9.17) is 10.8 Å². The van der Waals surface area contributed by atoms with Crippen molar-refractivity contribution in [1.29, 1.82) is 0 Å². The summed E-state index contributed by atoms with van der Waals surface area (Å²) in [5.74, 6) is -2.28. The van der Waals surface area contributed by atoms with Gasteiger partial charge in [-0.1, -0.05) is 29.8 Å². The third-order valence-electron chi connectivity index (χ3n) is 3.94. The molecule has 0 aliphatic rings. The standard InChI is InChI=1S/C19H17FN4O3/c1-10-2-4-11(5-3-10)15-9-22-17(21)16(24-15)18(25)23-12-6-7-13(19(26)27)14(20)8-12/h2-9,18,23,25H,1H3,(H2,21,22)(H,26,27). The number of nitrogens with zero attached hydrogens (tertiary/aromatic N) is 2. The van der Waals surface area contributed by atoms with E-state index in [0.717, 1.165) is 23.3 Å². The van der Waals surface area contributed by atoms with Gasteiger partial charge in [-0.15, -0.1) is 0 Å². The summed E-state index contributed by atoms with van der Waals surface area (Å²) < 4.78 is 13.8. The van der Waals surface area contributed by atoms with E-state index in [9.17, 15) is 14.3 Å². The van der Waals surface area contributed by atoms with Crippen molar-refractivity contribution in [2.24, 2.45) is 0 Å². The average Bonchev–Trinajstić information content (AvgIpc) is 2.62. The number of nitrogens with one attached hydrogen (secondary N) is 1. The third-order valence-corrected chi connectivity index (χ3v) is 3.94. The molecule has 3 aromatic rings. The number of hydrogen-bond acceptors (Lipinski definition) is 6. The van der Waals surface area contributed by atoms with Gasteiger partial charge in [-0.05, 0) is 25.1 Å². The van der Waals surface area contributed by atoms with E-state index in [2.05, 4.69) is 15.3 Å². The van der Waals surface area contributed by atoms with Crippen LogP contribution < -0.4 is 11.1 Å². The topological polar surface area (TPSA) is 121 Å². The van der Waals surface area contributed by atoms with Crippen LogP contribution in [0.3, 0.4) is 0 Å². The Kier molecular flexibility index (Phi) is 5.00. The molecule has 3 rings (SSSR count). The molecule has 7 nitrogen and oxygen atoms in total. The number of aliphatic hydroxyl groups excluding tert-OH is 1. The van der Waals surface area contributed by atoms with Crippen molar-refractivity contribution < 1.29 is 19.4 Å². The van der Waals surface area contributed by atoms with Gasteiger partial charge in [0.1, 0.15) is 17.3 Å². The van der Waals surface area contributed by atoms with E-state index in [1.54, 1.807) is 0 Å². The second kappa shape index (κ2) is 7.38. The highest BCUT2D eigenvalue weighted by Crippen LogP contribution is 2.24. The smallest absolute Gasteiger partial charge is 0.338 e. The molecule has 27 heavy (non-hydrogen) atoms. The minimum absolute atomic E-state index is 0.0217. The fourth-order valence-electron chi connectivity index (χ4n) is 2.48. The SMILES string of the molecule is Cc1ccc(-c2cnc(N)c(C(O)Nc3ccc(C(=O)O)c(F)c3)n2)cc1. The highest BCUT2D eigenvalue weighted by atomic mass is 19.1. The Balaban J connectivity index is 1.87. The summed E-state index contributed by atoms with van der Waals surface area (Å²) in [6.07, 6.45) is 0.135. The quantitative estimate of drug-likeness (QED) is 0.511. The van der Waals surface area contributed by atoms with Crippen molar-refractivity contribution in [2.75, 3.05) is 11.1 Å².